The number of fused-ring (bicyclic) bond motifs is 2. The van der Waals surface area contributed by atoms with Crippen molar-refractivity contribution >= 4 is 35.6 Å². The van der Waals surface area contributed by atoms with Gasteiger partial charge in [0.25, 0.3) is 5.91 Å². The summed E-state index contributed by atoms with van der Waals surface area (Å²) >= 11 is 0. The summed E-state index contributed by atoms with van der Waals surface area (Å²) in [6, 6.07) is 3.76. The Morgan fingerprint density at radius 1 is 1.00 bits per heavy atom. The SMILES string of the molecule is C#CCNC(=O)C(=O)C(CCC)NC(=O)[C@@H]1[C@@H]2[C@H](CN1C(=O)[C@@H](NC(=O)N[C@H](COC(=O)NCC)C(C)(C)C)C1Cc3ccccc3C1)C2(C)C. The Kier molecular flexibility index (Phi) is 12.4. The van der Waals surface area contributed by atoms with Crippen molar-refractivity contribution in [2.75, 3.05) is 26.2 Å². The lowest BCUT2D eigenvalue weighted by Gasteiger charge is -2.36. The van der Waals surface area contributed by atoms with Crippen molar-refractivity contribution in [3.8, 4) is 12.3 Å². The van der Waals surface area contributed by atoms with Gasteiger partial charge in [-0.2, -0.15) is 0 Å². The van der Waals surface area contributed by atoms with Crippen LogP contribution < -0.4 is 26.6 Å². The summed E-state index contributed by atoms with van der Waals surface area (Å²) in [5.74, 6) is -0.720. The van der Waals surface area contributed by atoms with Crippen LogP contribution in [0.1, 0.15) is 72.4 Å². The van der Waals surface area contributed by atoms with Gasteiger partial charge < -0.3 is 36.2 Å². The molecule has 4 rings (SSSR count). The standard InChI is InChI=1S/C38H54N6O7/c1-9-14-26(31(45)33(47)40-17-10-2)41-32(46)30-28-25(38(28,7)8)20-44(30)34(48)29(24-18-22-15-12-13-16-23(22)19-24)43-35(49)42-27(37(4,5)6)21-51-36(50)39-11-3/h2,12-13,15-16,24-30H,9,11,14,17-21H2,1,3-8H3,(H,39,50)(H,40,47)(H,41,46)(H2,42,43,49)/t25-,26?,27+,28-,29-,30-/m0/s1. The van der Waals surface area contributed by atoms with Crippen LogP contribution in [0.3, 0.4) is 0 Å². The van der Waals surface area contributed by atoms with Crippen molar-refractivity contribution in [1.29, 1.82) is 0 Å². The molecule has 5 N–H and O–H groups in total. The highest BCUT2D eigenvalue weighted by molar-refractivity contribution is 6.38. The fourth-order valence-corrected chi connectivity index (χ4v) is 7.60. The number of nitrogens with zero attached hydrogens (tertiary/aromatic N) is 1. The quantitative estimate of drug-likeness (QED) is 0.146. The minimum atomic E-state index is -1.09. The van der Waals surface area contributed by atoms with Crippen molar-refractivity contribution in [2.24, 2.45) is 28.6 Å². The maximum atomic E-state index is 14.7. The van der Waals surface area contributed by atoms with E-state index in [-0.39, 0.29) is 48.6 Å². The van der Waals surface area contributed by atoms with Gasteiger partial charge >= 0.3 is 12.1 Å². The van der Waals surface area contributed by atoms with Crippen LogP contribution in [0.5, 0.6) is 0 Å². The third kappa shape index (κ3) is 9.01. The van der Waals surface area contributed by atoms with Gasteiger partial charge in [0.15, 0.2) is 0 Å². The number of hydrogen-bond donors (Lipinski definition) is 5. The summed E-state index contributed by atoms with van der Waals surface area (Å²) in [5.41, 5.74) is 1.46. The van der Waals surface area contributed by atoms with Gasteiger partial charge in [0.05, 0.1) is 18.6 Å². The average molecular weight is 707 g/mol. The molecule has 51 heavy (non-hydrogen) atoms. The Hall–Kier alpha value is -4.60. The zero-order valence-electron chi connectivity index (χ0n) is 30.9. The molecule has 6 amide bonds. The summed E-state index contributed by atoms with van der Waals surface area (Å²) in [6.45, 7) is 14.0. The molecule has 2 aliphatic carbocycles. The number of benzene rings is 1. The van der Waals surface area contributed by atoms with Gasteiger partial charge in [0, 0.05) is 13.1 Å². The van der Waals surface area contributed by atoms with Crippen molar-refractivity contribution in [3.63, 3.8) is 0 Å². The summed E-state index contributed by atoms with van der Waals surface area (Å²) in [7, 11) is 0. The molecule has 1 aromatic carbocycles. The molecule has 1 saturated carbocycles. The van der Waals surface area contributed by atoms with Gasteiger partial charge in [-0.25, -0.2) is 9.59 Å². The fraction of sp³-hybridized carbons (Fsp3) is 0.632. The molecule has 1 saturated heterocycles. The molecule has 1 aromatic rings. The lowest BCUT2D eigenvalue weighted by molar-refractivity contribution is -0.144. The number of alkyl carbamates (subject to hydrolysis) is 1. The summed E-state index contributed by atoms with van der Waals surface area (Å²) in [6.07, 6.45) is 6.50. The molecule has 13 nitrogen and oxygen atoms in total. The van der Waals surface area contributed by atoms with Crippen LogP contribution in [0.25, 0.3) is 0 Å². The number of carbonyl (C=O) groups excluding carboxylic acids is 6. The molecule has 0 bridgehead atoms. The molecule has 1 heterocycles. The number of Topliss-reactive ketones (excluding diaryl/α,β-unsaturated/α-hetero) is 1. The molecule has 0 radical (unpaired) electrons. The molecule has 1 unspecified atom stereocenters. The van der Waals surface area contributed by atoms with E-state index in [4.69, 9.17) is 11.2 Å². The zero-order chi connectivity index (χ0) is 37.7. The highest BCUT2D eigenvalue weighted by atomic mass is 16.5. The third-order valence-electron chi connectivity index (χ3n) is 10.7. The number of terminal acetylenes is 1. The lowest BCUT2D eigenvalue weighted by atomic mass is 9.87. The van der Waals surface area contributed by atoms with E-state index in [0.717, 1.165) is 11.1 Å². The second-order valence-electron chi connectivity index (χ2n) is 15.6. The predicted octanol–water partition coefficient (Wildman–Crippen LogP) is 2.32. The molecule has 2 fully saturated rings. The third-order valence-corrected chi connectivity index (χ3v) is 10.7. The van der Waals surface area contributed by atoms with E-state index >= 15 is 0 Å². The number of likely N-dealkylation sites (tertiary alicyclic amines) is 1. The topological polar surface area (TPSA) is 175 Å². The highest BCUT2D eigenvalue weighted by Crippen LogP contribution is 2.65. The first-order chi connectivity index (χ1) is 24.0. The van der Waals surface area contributed by atoms with Crippen LogP contribution in [-0.4, -0.2) is 90.9 Å². The van der Waals surface area contributed by atoms with E-state index in [1.165, 1.54) is 0 Å². The van der Waals surface area contributed by atoms with Gasteiger partial charge in [-0.15, -0.1) is 6.42 Å². The Morgan fingerprint density at radius 3 is 2.22 bits per heavy atom. The second kappa shape index (κ2) is 16.2. The number of piperidine rings is 1. The molecule has 278 valence electrons. The Morgan fingerprint density at radius 2 is 1.65 bits per heavy atom. The van der Waals surface area contributed by atoms with Crippen LogP contribution in [0.15, 0.2) is 24.3 Å². The number of rotatable bonds is 14. The lowest BCUT2D eigenvalue weighted by Crippen LogP contribution is -2.61. The number of hydrogen-bond acceptors (Lipinski definition) is 7. The van der Waals surface area contributed by atoms with Crippen LogP contribution in [0.4, 0.5) is 9.59 Å². The normalized spacial score (nSPS) is 21.8. The summed E-state index contributed by atoms with van der Waals surface area (Å²) in [4.78, 5) is 81.7. The first-order valence-electron chi connectivity index (χ1n) is 18.0. The van der Waals surface area contributed by atoms with Gasteiger partial charge in [-0.3, -0.25) is 19.2 Å². The van der Waals surface area contributed by atoms with Crippen molar-refractivity contribution in [2.45, 2.75) is 98.3 Å². The van der Waals surface area contributed by atoms with E-state index < -0.39 is 59.3 Å². The largest absolute Gasteiger partial charge is 0.447 e. The maximum absolute atomic E-state index is 14.7. The summed E-state index contributed by atoms with van der Waals surface area (Å²) < 4.78 is 5.35. The van der Waals surface area contributed by atoms with Crippen LogP contribution in [-0.2, 0) is 36.8 Å². The minimum Gasteiger partial charge on any atom is -0.447 e. The monoisotopic (exact) mass is 706 g/mol. The van der Waals surface area contributed by atoms with Gasteiger partial charge in [0.1, 0.15) is 18.7 Å². The molecule has 0 spiro atoms. The molecule has 1 aliphatic heterocycles. The number of nitrogens with one attached hydrogen (secondary N) is 5. The maximum Gasteiger partial charge on any atom is 0.407 e. The second-order valence-corrected chi connectivity index (χ2v) is 15.6. The molecule has 6 atom stereocenters. The highest BCUT2D eigenvalue weighted by Gasteiger charge is 2.69. The number of ether oxygens (including phenoxy) is 1. The van der Waals surface area contributed by atoms with Crippen molar-refractivity contribution < 1.29 is 33.5 Å². The Bertz CT molecular complexity index is 1520. The van der Waals surface area contributed by atoms with Crippen molar-refractivity contribution in [3.05, 3.63) is 35.4 Å². The number of urea groups is 1. The molecular formula is C38H54N6O7. The first kappa shape index (κ1) is 39.2. The zero-order valence-corrected chi connectivity index (χ0v) is 30.9. The molecule has 0 aromatic heterocycles. The van der Waals surface area contributed by atoms with Crippen LogP contribution in [0, 0.1) is 40.9 Å². The van der Waals surface area contributed by atoms with E-state index in [2.05, 4.69) is 46.4 Å². The van der Waals surface area contributed by atoms with E-state index in [1.54, 1.807) is 11.8 Å². The first-order valence-corrected chi connectivity index (χ1v) is 18.0. The van der Waals surface area contributed by atoms with E-state index in [1.807, 2.05) is 52.0 Å². The number of carbonyl (C=O) groups is 6. The average Bonchev–Trinajstić information content (AvgIpc) is 3.43. The molecular weight excluding hydrogens is 652 g/mol. The fourth-order valence-electron chi connectivity index (χ4n) is 7.60. The van der Waals surface area contributed by atoms with Crippen LogP contribution >= 0.6 is 0 Å². The van der Waals surface area contributed by atoms with Gasteiger partial charge in [-0.05, 0) is 65.9 Å². The van der Waals surface area contributed by atoms with Crippen molar-refractivity contribution in [1.82, 2.24) is 31.5 Å². The van der Waals surface area contributed by atoms with Crippen LogP contribution in [0.2, 0.25) is 0 Å². The van der Waals surface area contributed by atoms with Gasteiger partial charge in [-0.1, -0.05) is 78.1 Å². The Labute approximate surface area is 301 Å². The molecule has 13 heteroatoms. The minimum absolute atomic E-state index is 0.0448. The molecule has 3 aliphatic rings. The Balaban J connectivity index is 1.59. The predicted molar refractivity (Wildman–Crippen MR) is 191 cm³/mol. The van der Waals surface area contributed by atoms with E-state index in [9.17, 15) is 28.8 Å². The smallest absolute Gasteiger partial charge is 0.407 e. The summed E-state index contributed by atoms with van der Waals surface area (Å²) in [5, 5.41) is 13.6. The number of ketones is 1. The number of amides is 6. The van der Waals surface area contributed by atoms with Gasteiger partial charge in [0.2, 0.25) is 17.6 Å². The van der Waals surface area contributed by atoms with E-state index in [0.29, 0.717) is 32.4 Å².